The Hall–Kier alpha value is -3.51. The molecule has 0 unspecified atom stereocenters. The van der Waals surface area contributed by atoms with Crippen LogP contribution in [0, 0.1) is 0 Å². The molecule has 0 amide bonds. The average molecular weight is 416 g/mol. The van der Waals surface area contributed by atoms with E-state index in [0.29, 0.717) is 0 Å². The van der Waals surface area contributed by atoms with Crippen LogP contribution in [0.25, 0.3) is 0 Å². The van der Waals surface area contributed by atoms with E-state index in [-0.39, 0.29) is 25.5 Å². The molecule has 0 saturated carbocycles. The number of aliphatic hydroxyl groups is 1. The fourth-order valence-corrected chi connectivity index (χ4v) is 4.10. The lowest BCUT2D eigenvalue weighted by Crippen LogP contribution is -2.33. The van der Waals surface area contributed by atoms with E-state index in [1.54, 1.807) is 7.11 Å². The van der Waals surface area contributed by atoms with Crippen molar-refractivity contribution in [2.45, 2.75) is 18.7 Å². The van der Waals surface area contributed by atoms with Gasteiger partial charge in [0.25, 0.3) is 0 Å². The fraction of sp³-hybridized carbons (Fsp3) is 0.240. The maximum atomic E-state index is 8.96. The van der Waals surface area contributed by atoms with E-state index >= 15 is 0 Å². The smallest absolute Gasteiger partial charge is 0.213 e. The van der Waals surface area contributed by atoms with Gasteiger partial charge in [-0.15, -0.1) is 0 Å². The Bertz CT molecular complexity index is 1080. The number of para-hydroxylation sites is 1. The van der Waals surface area contributed by atoms with Crippen molar-refractivity contribution in [1.29, 1.82) is 0 Å². The topological polar surface area (TPSA) is 63.5 Å². The first-order chi connectivity index (χ1) is 15.3. The Balaban J connectivity index is 1.48. The molecule has 2 aliphatic heterocycles. The van der Waals surface area contributed by atoms with Crippen molar-refractivity contribution in [3.8, 4) is 17.2 Å². The van der Waals surface area contributed by atoms with E-state index < -0.39 is 0 Å². The minimum atomic E-state index is -0.331. The lowest BCUT2D eigenvalue weighted by molar-refractivity contribution is -0.0190. The first kappa shape index (κ1) is 19.5. The highest BCUT2D eigenvalue weighted by Gasteiger charge is 2.40. The summed E-state index contributed by atoms with van der Waals surface area (Å²) in [6.45, 7) is 0.263. The van der Waals surface area contributed by atoms with Gasteiger partial charge in [-0.2, -0.15) is 5.10 Å². The lowest BCUT2D eigenvalue weighted by atomic mass is 9.96. The molecular weight excluding hydrogens is 392 g/mol. The Morgan fingerprint density at radius 1 is 1.00 bits per heavy atom. The molecule has 6 nitrogen and oxygen atoms in total. The molecule has 0 saturated heterocycles. The van der Waals surface area contributed by atoms with Crippen LogP contribution in [-0.4, -0.2) is 36.2 Å². The molecule has 0 fully saturated rings. The van der Waals surface area contributed by atoms with Gasteiger partial charge in [-0.25, -0.2) is 5.01 Å². The van der Waals surface area contributed by atoms with E-state index in [4.69, 9.17) is 24.4 Å². The quantitative estimate of drug-likeness (QED) is 0.649. The molecular formula is C25H24N2O4. The van der Waals surface area contributed by atoms with Crippen molar-refractivity contribution in [1.82, 2.24) is 5.01 Å². The van der Waals surface area contributed by atoms with Gasteiger partial charge in [0.1, 0.15) is 23.9 Å². The number of nitrogens with zero attached hydrogens (tertiary/aromatic N) is 2. The van der Waals surface area contributed by atoms with Gasteiger partial charge in [-0.1, -0.05) is 18.2 Å². The van der Waals surface area contributed by atoms with Gasteiger partial charge >= 0.3 is 0 Å². The summed E-state index contributed by atoms with van der Waals surface area (Å²) in [5, 5.41) is 16.0. The number of hydrogen-bond donors (Lipinski definition) is 1. The first-order valence-electron chi connectivity index (χ1n) is 10.4. The molecule has 31 heavy (non-hydrogen) atoms. The van der Waals surface area contributed by atoms with Crippen LogP contribution in [0.15, 0.2) is 77.9 Å². The van der Waals surface area contributed by atoms with Crippen molar-refractivity contribution < 1.29 is 19.3 Å². The molecule has 3 aromatic rings. The Labute approximate surface area is 181 Å². The minimum Gasteiger partial charge on any atom is -0.497 e. The number of methoxy groups -OCH3 is 1. The fourth-order valence-electron chi connectivity index (χ4n) is 4.10. The summed E-state index contributed by atoms with van der Waals surface area (Å²) in [5.74, 6) is 2.44. The maximum absolute atomic E-state index is 8.96. The number of benzene rings is 3. The summed E-state index contributed by atoms with van der Waals surface area (Å²) < 4.78 is 17.2. The molecule has 0 bridgehead atoms. The van der Waals surface area contributed by atoms with Crippen molar-refractivity contribution >= 4 is 5.71 Å². The van der Waals surface area contributed by atoms with Crippen LogP contribution >= 0.6 is 0 Å². The van der Waals surface area contributed by atoms with Crippen molar-refractivity contribution in [2.24, 2.45) is 5.10 Å². The van der Waals surface area contributed by atoms with Gasteiger partial charge in [0.2, 0.25) is 6.23 Å². The number of aliphatic hydroxyl groups excluding tert-OH is 1. The number of rotatable bonds is 6. The summed E-state index contributed by atoms with van der Waals surface area (Å²) in [4.78, 5) is 0. The molecule has 0 radical (unpaired) electrons. The second-order valence-electron chi connectivity index (χ2n) is 7.52. The van der Waals surface area contributed by atoms with Crippen LogP contribution in [0.1, 0.15) is 35.4 Å². The second kappa shape index (κ2) is 8.32. The highest BCUT2D eigenvalue weighted by Crippen LogP contribution is 2.47. The second-order valence-corrected chi connectivity index (χ2v) is 7.52. The van der Waals surface area contributed by atoms with Crippen LogP contribution < -0.4 is 14.2 Å². The van der Waals surface area contributed by atoms with E-state index in [1.165, 1.54) is 0 Å². The van der Waals surface area contributed by atoms with Crippen molar-refractivity contribution in [3.05, 3.63) is 89.5 Å². The number of hydrogen-bond acceptors (Lipinski definition) is 6. The molecule has 1 N–H and O–H groups in total. The number of ether oxygens (including phenoxy) is 3. The number of fused-ring (bicyclic) bond motifs is 3. The van der Waals surface area contributed by atoms with E-state index in [1.807, 2.05) is 66.7 Å². The summed E-state index contributed by atoms with van der Waals surface area (Å²) >= 11 is 0. The lowest BCUT2D eigenvalue weighted by Gasteiger charge is -2.38. The van der Waals surface area contributed by atoms with Crippen molar-refractivity contribution in [2.75, 3.05) is 20.3 Å². The molecule has 2 heterocycles. The molecule has 5 rings (SSSR count). The first-order valence-corrected chi connectivity index (χ1v) is 10.4. The van der Waals surface area contributed by atoms with Crippen LogP contribution in [0.4, 0.5) is 0 Å². The molecule has 0 aromatic heterocycles. The predicted molar refractivity (Wildman–Crippen MR) is 118 cm³/mol. The Morgan fingerprint density at radius 2 is 1.74 bits per heavy atom. The van der Waals surface area contributed by atoms with Crippen molar-refractivity contribution in [3.63, 3.8) is 0 Å². The molecule has 2 atom stereocenters. The Morgan fingerprint density at radius 3 is 2.48 bits per heavy atom. The molecule has 2 aliphatic rings. The zero-order chi connectivity index (χ0) is 21.2. The monoisotopic (exact) mass is 416 g/mol. The standard InChI is InChI=1S/C25H24N2O4/c1-29-19-10-6-17(7-11-19)22-16-23-21-4-2-3-5-24(21)31-25(27(23)26-22)18-8-12-20(13-9-18)30-15-14-28/h2-13,23,25,28H,14-16H2,1H3/t23-,25+/m1/s1. The third kappa shape index (κ3) is 3.70. The summed E-state index contributed by atoms with van der Waals surface area (Å²) in [7, 11) is 1.67. The molecule has 6 heteroatoms. The summed E-state index contributed by atoms with van der Waals surface area (Å²) in [5.41, 5.74) is 4.25. The molecule has 158 valence electrons. The number of hydrazone groups is 1. The van der Waals surface area contributed by atoms with Gasteiger partial charge in [0.15, 0.2) is 0 Å². The zero-order valence-corrected chi connectivity index (χ0v) is 17.3. The maximum Gasteiger partial charge on any atom is 0.213 e. The van der Waals surface area contributed by atoms with Gasteiger partial charge in [-0.05, 0) is 60.2 Å². The SMILES string of the molecule is COc1ccc(C2=NN3[C@H](C2)c2ccccc2O[C@H]3c2ccc(OCCO)cc2)cc1. The van der Waals surface area contributed by atoms with E-state index in [0.717, 1.165) is 46.1 Å². The van der Waals surface area contributed by atoms with Crippen LogP contribution in [0.2, 0.25) is 0 Å². The van der Waals surface area contributed by atoms with Gasteiger partial charge < -0.3 is 19.3 Å². The Kier molecular flexibility index (Phi) is 5.22. The summed E-state index contributed by atoms with van der Waals surface area (Å²) in [6.07, 6.45) is 0.475. The zero-order valence-electron chi connectivity index (χ0n) is 17.3. The van der Waals surface area contributed by atoms with Gasteiger partial charge in [0, 0.05) is 17.5 Å². The van der Waals surface area contributed by atoms with E-state index in [2.05, 4.69) is 11.1 Å². The van der Waals surface area contributed by atoms with Crippen LogP contribution in [0.5, 0.6) is 17.2 Å². The van der Waals surface area contributed by atoms with E-state index in [9.17, 15) is 0 Å². The minimum absolute atomic E-state index is 0.0113. The molecule has 0 spiro atoms. The third-order valence-electron chi connectivity index (χ3n) is 5.65. The largest absolute Gasteiger partial charge is 0.497 e. The summed E-state index contributed by atoms with van der Waals surface area (Å²) in [6, 6.07) is 24.1. The molecule has 3 aromatic carbocycles. The highest BCUT2D eigenvalue weighted by atomic mass is 16.5. The average Bonchev–Trinajstić information content (AvgIpc) is 3.28. The normalized spacial score (nSPS) is 19.2. The van der Waals surface area contributed by atoms with Gasteiger partial charge in [-0.3, -0.25) is 0 Å². The van der Waals surface area contributed by atoms with Gasteiger partial charge in [0.05, 0.1) is 25.5 Å². The molecule has 0 aliphatic carbocycles. The predicted octanol–water partition coefficient (Wildman–Crippen LogP) is 4.31. The van der Waals surface area contributed by atoms with Crippen LogP contribution in [-0.2, 0) is 0 Å². The third-order valence-corrected chi connectivity index (χ3v) is 5.65. The highest BCUT2D eigenvalue weighted by molar-refractivity contribution is 6.02. The van der Waals surface area contributed by atoms with Crippen LogP contribution in [0.3, 0.4) is 0 Å².